The van der Waals surface area contributed by atoms with Crippen molar-refractivity contribution >= 4 is 35.6 Å². The van der Waals surface area contributed by atoms with Gasteiger partial charge in [0.25, 0.3) is 0 Å². The Morgan fingerprint density at radius 3 is 1.60 bits per heavy atom. The third-order valence-electron chi connectivity index (χ3n) is 5.86. The van der Waals surface area contributed by atoms with E-state index < -0.39 is 66.2 Å². The topological polar surface area (TPSA) is 231 Å². The molecule has 9 N–H and O–H groups in total. The lowest BCUT2D eigenvalue weighted by Crippen LogP contribution is -2.58. The first-order valence-corrected chi connectivity index (χ1v) is 12.4. The highest BCUT2D eigenvalue weighted by molar-refractivity contribution is 5.95. The molecule has 0 bridgehead atoms. The second-order valence-electron chi connectivity index (χ2n) is 9.11. The Balaban J connectivity index is 2.24. The fourth-order valence-electron chi connectivity index (χ4n) is 3.77. The highest BCUT2D eigenvalue weighted by atomic mass is 16.4. The molecule has 4 atom stereocenters. The molecule has 0 heterocycles. The summed E-state index contributed by atoms with van der Waals surface area (Å²) < 4.78 is 0. The third-order valence-corrected chi connectivity index (χ3v) is 5.86. The van der Waals surface area contributed by atoms with E-state index in [4.69, 9.17) is 16.6 Å². The molecule has 0 aliphatic carbocycles. The summed E-state index contributed by atoms with van der Waals surface area (Å²) in [5.41, 5.74) is 12.2. The first-order valence-electron chi connectivity index (χ1n) is 12.4. The third kappa shape index (κ3) is 10.9. The van der Waals surface area contributed by atoms with Gasteiger partial charge < -0.3 is 37.6 Å². The van der Waals surface area contributed by atoms with Gasteiger partial charge in [0.1, 0.15) is 18.1 Å². The van der Waals surface area contributed by atoms with E-state index in [1.807, 2.05) is 0 Å². The molecule has 0 aliphatic rings. The van der Waals surface area contributed by atoms with Crippen molar-refractivity contribution in [2.24, 2.45) is 11.5 Å². The molecule has 0 aliphatic heterocycles. The molecule has 0 fully saturated rings. The van der Waals surface area contributed by atoms with Crippen LogP contribution in [0.5, 0.6) is 0 Å². The Morgan fingerprint density at radius 1 is 0.675 bits per heavy atom. The minimum absolute atomic E-state index is 0.0336. The van der Waals surface area contributed by atoms with Gasteiger partial charge in [0.2, 0.25) is 23.6 Å². The Bertz CT molecular complexity index is 1190. The van der Waals surface area contributed by atoms with E-state index in [-0.39, 0.29) is 25.7 Å². The zero-order valence-corrected chi connectivity index (χ0v) is 21.6. The first kappa shape index (κ1) is 31.4. The summed E-state index contributed by atoms with van der Waals surface area (Å²) in [6.07, 6.45) is -1.28. The van der Waals surface area contributed by atoms with Crippen molar-refractivity contribution in [2.75, 3.05) is 0 Å². The minimum Gasteiger partial charge on any atom is -0.481 e. The predicted octanol–water partition coefficient (Wildman–Crippen LogP) is -0.922. The van der Waals surface area contributed by atoms with Crippen molar-refractivity contribution in [3.05, 3.63) is 71.8 Å². The van der Waals surface area contributed by atoms with Gasteiger partial charge in [-0.05, 0) is 17.5 Å². The lowest BCUT2D eigenvalue weighted by atomic mass is 10.0. The van der Waals surface area contributed by atoms with Crippen LogP contribution in [0.3, 0.4) is 0 Å². The molecule has 0 saturated heterocycles. The average Bonchev–Trinajstić information content (AvgIpc) is 2.90. The first-order chi connectivity index (χ1) is 19.0. The molecule has 0 radical (unpaired) electrons. The Morgan fingerprint density at radius 2 is 1.12 bits per heavy atom. The van der Waals surface area contributed by atoms with E-state index in [1.165, 1.54) is 0 Å². The van der Waals surface area contributed by atoms with Crippen LogP contribution in [-0.2, 0) is 41.6 Å². The maximum atomic E-state index is 13.3. The SMILES string of the molecule is NC(=O)CCC(NC(=O)C(Cc1ccccc1)NC(=O)C(N)CC(=O)O)C(=O)NC(Cc1ccccc1)C(=O)O. The van der Waals surface area contributed by atoms with Crippen LogP contribution in [0.2, 0.25) is 0 Å². The second kappa shape index (κ2) is 15.6. The molecule has 2 aromatic rings. The summed E-state index contributed by atoms with van der Waals surface area (Å²) in [5.74, 6) is -5.97. The molecule has 4 unspecified atom stereocenters. The summed E-state index contributed by atoms with van der Waals surface area (Å²) in [6, 6.07) is 11.7. The summed E-state index contributed by atoms with van der Waals surface area (Å²) in [6.45, 7) is 0. The molecule has 4 amide bonds. The van der Waals surface area contributed by atoms with E-state index in [2.05, 4.69) is 16.0 Å². The summed E-state index contributed by atoms with van der Waals surface area (Å²) in [7, 11) is 0. The van der Waals surface area contributed by atoms with Gasteiger partial charge in [0.05, 0.1) is 12.5 Å². The summed E-state index contributed by atoms with van der Waals surface area (Å²) in [5, 5.41) is 25.9. The quantitative estimate of drug-likeness (QED) is 0.135. The number of carboxylic acids is 2. The maximum absolute atomic E-state index is 13.3. The van der Waals surface area contributed by atoms with Crippen LogP contribution in [-0.4, -0.2) is 69.9 Å². The van der Waals surface area contributed by atoms with E-state index in [0.29, 0.717) is 11.1 Å². The maximum Gasteiger partial charge on any atom is 0.326 e. The standard InChI is InChI=1S/C27H33N5O8/c28-18(15-23(34)35)24(36)31-20(13-16-7-3-1-4-8-16)26(38)30-19(11-12-22(29)33)25(37)32-21(27(39)40)14-17-9-5-2-6-10-17/h1-10,18-21H,11-15,28H2,(H2,29,33)(H,30,38)(H,31,36)(H,32,37)(H,34,35)(H,39,40). The van der Waals surface area contributed by atoms with E-state index in [1.54, 1.807) is 60.7 Å². The molecule has 0 aromatic heterocycles. The normalized spacial score (nSPS) is 13.6. The van der Waals surface area contributed by atoms with Gasteiger partial charge in [-0.1, -0.05) is 60.7 Å². The van der Waals surface area contributed by atoms with E-state index in [0.717, 1.165) is 0 Å². The second-order valence-corrected chi connectivity index (χ2v) is 9.11. The van der Waals surface area contributed by atoms with Gasteiger partial charge in [0, 0.05) is 19.3 Å². The van der Waals surface area contributed by atoms with Crippen molar-refractivity contribution < 1.29 is 39.0 Å². The molecule has 0 spiro atoms. The number of nitrogens with two attached hydrogens (primary N) is 2. The highest BCUT2D eigenvalue weighted by Gasteiger charge is 2.31. The molecule has 2 aromatic carbocycles. The summed E-state index contributed by atoms with van der Waals surface area (Å²) in [4.78, 5) is 73.2. The largest absolute Gasteiger partial charge is 0.481 e. The summed E-state index contributed by atoms with van der Waals surface area (Å²) >= 11 is 0. The van der Waals surface area contributed by atoms with Crippen molar-refractivity contribution in [3.8, 4) is 0 Å². The number of primary amides is 1. The number of amides is 4. The van der Waals surface area contributed by atoms with Crippen LogP contribution >= 0.6 is 0 Å². The van der Waals surface area contributed by atoms with E-state index >= 15 is 0 Å². The van der Waals surface area contributed by atoms with Crippen LogP contribution in [0.1, 0.15) is 30.4 Å². The average molecular weight is 556 g/mol. The van der Waals surface area contributed by atoms with Gasteiger partial charge >= 0.3 is 11.9 Å². The van der Waals surface area contributed by atoms with Gasteiger partial charge in [-0.2, -0.15) is 0 Å². The molecule has 2 rings (SSSR count). The predicted molar refractivity (Wildman–Crippen MR) is 142 cm³/mol. The van der Waals surface area contributed by atoms with E-state index in [9.17, 15) is 33.9 Å². The molecule has 40 heavy (non-hydrogen) atoms. The number of rotatable bonds is 16. The van der Waals surface area contributed by atoms with Crippen molar-refractivity contribution in [1.82, 2.24) is 16.0 Å². The fraction of sp³-hybridized carbons (Fsp3) is 0.333. The van der Waals surface area contributed by atoms with Crippen LogP contribution in [0.15, 0.2) is 60.7 Å². The minimum atomic E-state index is -1.44. The van der Waals surface area contributed by atoms with Crippen LogP contribution in [0.4, 0.5) is 0 Å². The highest BCUT2D eigenvalue weighted by Crippen LogP contribution is 2.08. The van der Waals surface area contributed by atoms with Crippen molar-refractivity contribution in [1.29, 1.82) is 0 Å². The molecular weight excluding hydrogens is 522 g/mol. The number of carbonyl (C=O) groups excluding carboxylic acids is 4. The number of aliphatic carboxylic acids is 2. The lowest BCUT2D eigenvalue weighted by Gasteiger charge is -2.25. The van der Waals surface area contributed by atoms with Crippen molar-refractivity contribution in [3.63, 3.8) is 0 Å². The number of hydrogen-bond acceptors (Lipinski definition) is 7. The molecule has 13 heteroatoms. The van der Waals surface area contributed by atoms with Crippen LogP contribution in [0.25, 0.3) is 0 Å². The molecule has 214 valence electrons. The number of carbonyl (C=O) groups is 6. The lowest BCUT2D eigenvalue weighted by molar-refractivity contribution is -0.142. The van der Waals surface area contributed by atoms with Gasteiger partial charge in [-0.15, -0.1) is 0 Å². The number of nitrogens with one attached hydrogen (secondary N) is 3. The fourth-order valence-corrected chi connectivity index (χ4v) is 3.77. The molecular formula is C27H33N5O8. The Labute approximate surface area is 230 Å². The molecule has 0 saturated carbocycles. The van der Waals surface area contributed by atoms with Gasteiger partial charge in [0.15, 0.2) is 0 Å². The zero-order chi connectivity index (χ0) is 29.7. The van der Waals surface area contributed by atoms with Crippen LogP contribution in [0, 0.1) is 0 Å². The zero-order valence-electron chi connectivity index (χ0n) is 21.6. The number of hydrogen-bond donors (Lipinski definition) is 7. The van der Waals surface area contributed by atoms with Gasteiger partial charge in [-0.3, -0.25) is 24.0 Å². The Hall–Kier alpha value is -4.78. The Kier molecular flexibility index (Phi) is 12.3. The number of carboxylic acid groups (broad SMARTS) is 2. The van der Waals surface area contributed by atoms with Gasteiger partial charge in [-0.25, -0.2) is 4.79 Å². The monoisotopic (exact) mass is 555 g/mol. The van der Waals surface area contributed by atoms with Crippen LogP contribution < -0.4 is 27.4 Å². The number of benzene rings is 2. The molecule has 13 nitrogen and oxygen atoms in total. The van der Waals surface area contributed by atoms with Crippen molar-refractivity contribution in [2.45, 2.75) is 56.3 Å². The smallest absolute Gasteiger partial charge is 0.326 e.